The Bertz CT molecular complexity index is 515. The molecule has 1 fully saturated rings. The lowest BCUT2D eigenvalue weighted by Gasteiger charge is -2.34. The molecule has 1 amide bonds. The van der Waals surface area contributed by atoms with E-state index in [1.165, 1.54) is 12.0 Å². The summed E-state index contributed by atoms with van der Waals surface area (Å²) in [6.07, 6.45) is 2.72. The molecule has 1 saturated heterocycles. The number of piperidine rings is 1. The zero-order valence-electron chi connectivity index (χ0n) is 12.6. The van der Waals surface area contributed by atoms with Crippen LogP contribution in [-0.4, -0.2) is 60.8 Å². The number of carbonyl (C=O) groups excluding carboxylic acids is 2. The lowest BCUT2D eigenvalue weighted by atomic mass is 10.0. The standard InChI is InChI=1S/C14H20N4O3/c1-17(2)13(19)10-7-8-12(16-15-10)18-9-5-4-6-11(18)14(20)21-3/h7-8,11H,4-6,9H2,1-3H3. The fourth-order valence-electron chi connectivity index (χ4n) is 2.41. The highest BCUT2D eigenvalue weighted by Gasteiger charge is 2.30. The molecule has 0 N–H and O–H groups in total. The van der Waals surface area contributed by atoms with Gasteiger partial charge in [-0.2, -0.15) is 0 Å². The van der Waals surface area contributed by atoms with E-state index in [2.05, 4.69) is 10.2 Å². The molecular formula is C14H20N4O3. The van der Waals surface area contributed by atoms with E-state index in [1.807, 2.05) is 4.90 Å². The Kier molecular flexibility index (Phi) is 4.72. The molecule has 21 heavy (non-hydrogen) atoms. The number of nitrogens with zero attached hydrogens (tertiary/aromatic N) is 4. The van der Waals surface area contributed by atoms with Gasteiger partial charge in [-0.25, -0.2) is 4.79 Å². The molecule has 0 radical (unpaired) electrons. The van der Waals surface area contributed by atoms with Crippen molar-refractivity contribution in [3.8, 4) is 0 Å². The molecule has 0 spiro atoms. The first-order chi connectivity index (χ1) is 10.0. The van der Waals surface area contributed by atoms with Gasteiger partial charge >= 0.3 is 5.97 Å². The van der Waals surface area contributed by atoms with Crippen molar-refractivity contribution in [2.24, 2.45) is 0 Å². The minimum atomic E-state index is -0.326. The van der Waals surface area contributed by atoms with Gasteiger partial charge in [0.05, 0.1) is 7.11 Å². The monoisotopic (exact) mass is 292 g/mol. The second-order valence-corrected chi connectivity index (χ2v) is 5.20. The van der Waals surface area contributed by atoms with Crippen molar-refractivity contribution < 1.29 is 14.3 Å². The maximum absolute atomic E-state index is 11.8. The van der Waals surface area contributed by atoms with E-state index in [-0.39, 0.29) is 23.6 Å². The van der Waals surface area contributed by atoms with Gasteiger partial charge in [-0.3, -0.25) is 4.79 Å². The van der Waals surface area contributed by atoms with Crippen molar-refractivity contribution in [2.75, 3.05) is 32.6 Å². The number of amides is 1. The predicted molar refractivity (Wildman–Crippen MR) is 77.1 cm³/mol. The predicted octanol–water partition coefficient (Wildman–Crippen LogP) is 0.710. The maximum Gasteiger partial charge on any atom is 0.328 e. The van der Waals surface area contributed by atoms with Crippen LogP contribution in [0.25, 0.3) is 0 Å². The Morgan fingerprint density at radius 2 is 2.05 bits per heavy atom. The number of hydrogen-bond acceptors (Lipinski definition) is 6. The zero-order chi connectivity index (χ0) is 15.4. The fraction of sp³-hybridized carbons (Fsp3) is 0.571. The summed E-state index contributed by atoms with van der Waals surface area (Å²) < 4.78 is 4.85. The Labute approximate surface area is 123 Å². The molecule has 0 saturated carbocycles. The quantitative estimate of drug-likeness (QED) is 0.764. The minimum Gasteiger partial charge on any atom is -0.467 e. The second-order valence-electron chi connectivity index (χ2n) is 5.20. The Hall–Kier alpha value is -2.18. The van der Waals surface area contributed by atoms with Gasteiger partial charge in [-0.15, -0.1) is 10.2 Å². The molecule has 1 aliphatic heterocycles. The summed E-state index contributed by atoms with van der Waals surface area (Å²) in [5, 5.41) is 8.05. The van der Waals surface area contributed by atoms with Crippen LogP contribution in [0, 0.1) is 0 Å². The Balaban J connectivity index is 2.20. The number of ether oxygens (including phenoxy) is 1. The number of methoxy groups -OCH3 is 1. The number of hydrogen-bond donors (Lipinski definition) is 0. The van der Waals surface area contributed by atoms with Gasteiger partial charge in [0.1, 0.15) is 6.04 Å². The van der Waals surface area contributed by atoms with Gasteiger partial charge in [-0.05, 0) is 31.4 Å². The molecule has 1 aromatic heterocycles. The van der Waals surface area contributed by atoms with Crippen LogP contribution in [0.5, 0.6) is 0 Å². The number of anilines is 1. The topological polar surface area (TPSA) is 75.6 Å². The van der Waals surface area contributed by atoms with Gasteiger partial charge < -0.3 is 14.5 Å². The molecule has 2 rings (SSSR count). The number of aromatic nitrogens is 2. The highest BCUT2D eigenvalue weighted by molar-refractivity contribution is 5.91. The van der Waals surface area contributed by atoms with E-state index < -0.39 is 0 Å². The smallest absolute Gasteiger partial charge is 0.328 e. The normalized spacial score (nSPS) is 18.2. The summed E-state index contributed by atoms with van der Waals surface area (Å²) in [6.45, 7) is 0.732. The lowest BCUT2D eigenvalue weighted by Crippen LogP contribution is -2.46. The molecule has 7 heteroatoms. The largest absolute Gasteiger partial charge is 0.467 e. The molecular weight excluding hydrogens is 272 g/mol. The van der Waals surface area contributed by atoms with Crippen molar-refractivity contribution in [2.45, 2.75) is 25.3 Å². The van der Waals surface area contributed by atoms with Crippen molar-refractivity contribution >= 4 is 17.7 Å². The van der Waals surface area contributed by atoms with E-state index in [0.717, 1.165) is 25.8 Å². The van der Waals surface area contributed by atoms with Crippen molar-refractivity contribution in [3.05, 3.63) is 17.8 Å². The lowest BCUT2D eigenvalue weighted by molar-refractivity contribution is -0.142. The Morgan fingerprint density at radius 1 is 1.29 bits per heavy atom. The molecule has 2 heterocycles. The number of carbonyl (C=O) groups is 2. The maximum atomic E-state index is 11.8. The number of esters is 1. The fourth-order valence-corrected chi connectivity index (χ4v) is 2.41. The van der Waals surface area contributed by atoms with Crippen LogP contribution in [0.15, 0.2) is 12.1 Å². The summed E-state index contributed by atoms with van der Waals surface area (Å²) in [4.78, 5) is 27.0. The number of rotatable bonds is 3. The van der Waals surface area contributed by atoms with Gasteiger partial charge in [0.15, 0.2) is 11.5 Å². The molecule has 0 aliphatic carbocycles. The first-order valence-electron chi connectivity index (χ1n) is 6.94. The Morgan fingerprint density at radius 3 is 2.62 bits per heavy atom. The van der Waals surface area contributed by atoms with Crippen LogP contribution in [0.3, 0.4) is 0 Å². The summed E-state index contributed by atoms with van der Waals surface area (Å²) in [7, 11) is 4.71. The molecule has 1 unspecified atom stereocenters. The van der Waals surface area contributed by atoms with Crippen molar-refractivity contribution in [1.29, 1.82) is 0 Å². The van der Waals surface area contributed by atoms with Crippen LogP contribution in [0.4, 0.5) is 5.82 Å². The van der Waals surface area contributed by atoms with E-state index in [0.29, 0.717) is 5.82 Å². The molecule has 7 nitrogen and oxygen atoms in total. The third-order valence-corrected chi connectivity index (χ3v) is 3.55. The SMILES string of the molecule is COC(=O)C1CCCCN1c1ccc(C(=O)N(C)C)nn1. The van der Waals surface area contributed by atoms with Gasteiger partial charge in [0.2, 0.25) is 0 Å². The third-order valence-electron chi connectivity index (χ3n) is 3.55. The first-order valence-corrected chi connectivity index (χ1v) is 6.94. The second kappa shape index (κ2) is 6.51. The van der Waals surface area contributed by atoms with Crippen LogP contribution < -0.4 is 4.90 Å². The van der Waals surface area contributed by atoms with E-state index in [4.69, 9.17) is 4.74 Å². The van der Waals surface area contributed by atoms with Gasteiger partial charge in [0, 0.05) is 20.6 Å². The van der Waals surface area contributed by atoms with E-state index in [1.54, 1.807) is 26.2 Å². The molecule has 114 valence electrons. The van der Waals surface area contributed by atoms with Gasteiger partial charge in [-0.1, -0.05) is 0 Å². The van der Waals surface area contributed by atoms with Crippen LogP contribution in [0.1, 0.15) is 29.8 Å². The average molecular weight is 292 g/mol. The summed E-state index contributed by atoms with van der Waals surface area (Å²) in [5.74, 6) is 0.141. The van der Waals surface area contributed by atoms with Crippen LogP contribution >= 0.6 is 0 Å². The highest BCUT2D eigenvalue weighted by Crippen LogP contribution is 2.23. The summed E-state index contributed by atoms with van der Waals surface area (Å²) in [5.41, 5.74) is 0.287. The summed E-state index contributed by atoms with van der Waals surface area (Å²) in [6, 6.07) is 3.03. The molecule has 0 bridgehead atoms. The van der Waals surface area contributed by atoms with Gasteiger partial charge in [0.25, 0.3) is 5.91 Å². The van der Waals surface area contributed by atoms with Crippen LogP contribution in [0.2, 0.25) is 0 Å². The zero-order valence-corrected chi connectivity index (χ0v) is 12.6. The van der Waals surface area contributed by atoms with Crippen molar-refractivity contribution in [3.63, 3.8) is 0 Å². The summed E-state index contributed by atoms with van der Waals surface area (Å²) >= 11 is 0. The molecule has 1 aliphatic rings. The minimum absolute atomic E-state index is 0.197. The third kappa shape index (κ3) is 3.29. The highest BCUT2D eigenvalue weighted by atomic mass is 16.5. The van der Waals surface area contributed by atoms with E-state index in [9.17, 15) is 9.59 Å². The molecule has 1 aromatic rings. The first kappa shape index (κ1) is 15.2. The average Bonchev–Trinajstić information content (AvgIpc) is 2.53. The van der Waals surface area contributed by atoms with E-state index >= 15 is 0 Å². The van der Waals surface area contributed by atoms with Crippen LogP contribution in [-0.2, 0) is 9.53 Å². The molecule has 1 atom stereocenters. The van der Waals surface area contributed by atoms with Crippen molar-refractivity contribution in [1.82, 2.24) is 15.1 Å². The molecule has 0 aromatic carbocycles.